The average Bonchev–Trinajstić information content (AvgIpc) is 2.93. The SMILES string of the molecule is C=CC(C)n1c(CC(C)(C)CN(C)C)nc2cc(/C=C/C(=O)NO)ccc21. The highest BCUT2D eigenvalue weighted by atomic mass is 16.5. The molecule has 27 heavy (non-hydrogen) atoms. The van der Waals surface area contributed by atoms with E-state index >= 15 is 0 Å². The van der Waals surface area contributed by atoms with E-state index in [0.717, 1.165) is 35.4 Å². The van der Waals surface area contributed by atoms with Gasteiger partial charge in [0.1, 0.15) is 5.82 Å². The van der Waals surface area contributed by atoms with Gasteiger partial charge in [0.2, 0.25) is 0 Å². The van der Waals surface area contributed by atoms with E-state index in [1.54, 1.807) is 11.6 Å². The Hall–Kier alpha value is -2.44. The molecule has 146 valence electrons. The van der Waals surface area contributed by atoms with Crippen LogP contribution in [0.15, 0.2) is 36.9 Å². The van der Waals surface area contributed by atoms with Crippen LogP contribution in [-0.2, 0) is 11.2 Å². The van der Waals surface area contributed by atoms with Gasteiger partial charge in [0.15, 0.2) is 0 Å². The second-order valence-corrected chi connectivity index (χ2v) is 8.01. The number of carbonyl (C=O) groups is 1. The number of nitrogens with zero attached hydrogens (tertiary/aromatic N) is 3. The highest BCUT2D eigenvalue weighted by Crippen LogP contribution is 2.29. The van der Waals surface area contributed by atoms with E-state index in [4.69, 9.17) is 10.2 Å². The molecule has 2 rings (SSSR count). The molecule has 1 aromatic heterocycles. The van der Waals surface area contributed by atoms with Gasteiger partial charge in [-0.05, 0) is 50.2 Å². The molecule has 0 fully saturated rings. The van der Waals surface area contributed by atoms with E-state index in [9.17, 15) is 4.79 Å². The fraction of sp³-hybridized carbons (Fsp3) is 0.429. The number of fused-ring (bicyclic) bond motifs is 1. The van der Waals surface area contributed by atoms with Crippen LogP contribution in [0.5, 0.6) is 0 Å². The monoisotopic (exact) mass is 370 g/mol. The number of hydrogen-bond donors (Lipinski definition) is 2. The van der Waals surface area contributed by atoms with E-state index in [0.29, 0.717) is 0 Å². The summed E-state index contributed by atoms with van der Waals surface area (Å²) in [6, 6.07) is 6.03. The van der Waals surface area contributed by atoms with Crippen LogP contribution in [0.3, 0.4) is 0 Å². The largest absolute Gasteiger partial charge is 0.321 e. The van der Waals surface area contributed by atoms with Gasteiger partial charge in [-0.15, -0.1) is 6.58 Å². The maximum atomic E-state index is 11.2. The van der Waals surface area contributed by atoms with Crippen LogP contribution in [-0.4, -0.2) is 46.2 Å². The van der Waals surface area contributed by atoms with E-state index in [1.807, 2.05) is 24.3 Å². The van der Waals surface area contributed by atoms with Crippen molar-refractivity contribution in [1.29, 1.82) is 0 Å². The summed E-state index contributed by atoms with van der Waals surface area (Å²) in [7, 11) is 4.16. The van der Waals surface area contributed by atoms with Crippen molar-refractivity contribution in [2.75, 3.05) is 20.6 Å². The van der Waals surface area contributed by atoms with E-state index in [2.05, 4.69) is 50.9 Å². The van der Waals surface area contributed by atoms with Gasteiger partial charge in [-0.2, -0.15) is 0 Å². The number of hydroxylamine groups is 1. The first-order valence-corrected chi connectivity index (χ1v) is 9.07. The number of imidazole rings is 1. The average molecular weight is 370 g/mol. The van der Waals surface area contributed by atoms with Crippen LogP contribution in [0.25, 0.3) is 17.1 Å². The van der Waals surface area contributed by atoms with Crippen molar-refractivity contribution in [2.45, 2.75) is 33.2 Å². The Kier molecular flexibility index (Phi) is 6.57. The summed E-state index contributed by atoms with van der Waals surface area (Å²) in [5.74, 6) is 0.463. The lowest BCUT2D eigenvalue weighted by atomic mass is 9.88. The molecule has 1 atom stereocenters. The van der Waals surface area contributed by atoms with E-state index < -0.39 is 5.91 Å². The third kappa shape index (κ3) is 5.28. The molecule has 0 bridgehead atoms. The van der Waals surface area contributed by atoms with Crippen molar-refractivity contribution in [1.82, 2.24) is 19.9 Å². The van der Waals surface area contributed by atoms with Gasteiger partial charge >= 0.3 is 0 Å². The molecule has 2 N–H and O–H groups in total. The van der Waals surface area contributed by atoms with Crippen molar-refractivity contribution >= 4 is 23.0 Å². The number of benzene rings is 1. The predicted molar refractivity (Wildman–Crippen MR) is 110 cm³/mol. The fourth-order valence-electron chi connectivity index (χ4n) is 3.50. The zero-order valence-corrected chi connectivity index (χ0v) is 16.9. The van der Waals surface area contributed by atoms with Crippen LogP contribution in [0.2, 0.25) is 0 Å². The highest BCUT2D eigenvalue weighted by molar-refractivity contribution is 5.91. The van der Waals surface area contributed by atoms with Crippen molar-refractivity contribution in [2.24, 2.45) is 5.41 Å². The first kappa shape index (κ1) is 20.9. The molecule has 1 aromatic carbocycles. The van der Waals surface area contributed by atoms with Crippen LogP contribution >= 0.6 is 0 Å². The zero-order chi connectivity index (χ0) is 20.2. The van der Waals surface area contributed by atoms with Crippen molar-refractivity contribution < 1.29 is 10.0 Å². The minimum atomic E-state index is -0.563. The maximum absolute atomic E-state index is 11.2. The molecule has 1 unspecified atom stereocenters. The van der Waals surface area contributed by atoms with Crippen molar-refractivity contribution in [3.05, 3.63) is 48.3 Å². The van der Waals surface area contributed by atoms with Crippen LogP contribution in [0, 0.1) is 5.41 Å². The first-order valence-electron chi connectivity index (χ1n) is 9.07. The second-order valence-electron chi connectivity index (χ2n) is 8.01. The third-order valence-corrected chi connectivity index (χ3v) is 4.45. The Labute approximate surface area is 161 Å². The first-order chi connectivity index (χ1) is 12.7. The molecule has 0 aliphatic heterocycles. The number of aromatic nitrogens is 2. The van der Waals surface area contributed by atoms with Crippen molar-refractivity contribution in [3.63, 3.8) is 0 Å². The molecule has 1 heterocycles. The van der Waals surface area contributed by atoms with Crippen LogP contribution < -0.4 is 5.48 Å². The molecule has 0 saturated carbocycles. The summed E-state index contributed by atoms with van der Waals surface area (Å²) < 4.78 is 2.23. The molecular formula is C21H30N4O2. The van der Waals surface area contributed by atoms with E-state index in [1.165, 1.54) is 6.08 Å². The lowest BCUT2D eigenvalue weighted by Crippen LogP contribution is -2.31. The van der Waals surface area contributed by atoms with Gasteiger partial charge in [0, 0.05) is 19.0 Å². The molecule has 1 amide bonds. The van der Waals surface area contributed by atoms with E-state index in [-0.39, 0.29) is 11.5 Å². The zero-order valence-electron chi connectivity index (χ0n) is 16.9. The molecule has 0 spiro atoms. The van der Waals surface area contributed by atoms with Gasteiger partial charge in [-0.25, -0.2) is 10.5 Å². The fourth-order valence-corrected chi connectivity index (χ4v) is 3.50. The lowest BCUT2D eigenvalue weighted by Gasteiger charge is -2.28. The number of amides is 1. The molecular weight excluding hydrogens is 340 g/mol. The quantitative estimate of drug-likeness (QED) is 0.323. The summed E-state index contributed by atoms with van der Waals surface area (Å²) in [6.45, 7) is 11.5. The highest BCUT2D eigenvalue weighted by Gasteiger charge is 2.24. The Bertz CT molecular complexity index is 849. The smallest absolute Gasteiger partial charge is 0.267 e. The molecule has 6 nitrogen and oxygen atoms in total. The topological polar surface area (TPSA) is 70.4 Å². The van der Waals surface area contributed by atoms with Gasteiger partial charge in [0.05, 0.1) is 17.1 Å². The molecule has 0 aliphatic rings. The standard InChI is InChI=1S/C21H30N4O2/c1-7-15(2)25-18-10-8-16(9-11-20(26)23-27)12-17(18)22-19(25)13-21(3,4)14-24(5)6/h7-12,15,27H,1,13-14H2,2-6H3,(H,23,26)/b11-9+. The third-order valence-electron chi connectivity index (χ3n) is 4.45. The lowest BCUT2D eigenvalue weighted by molar-refractivity contribution is -0.124. The number of rotatable bonds is 8. The minimum Gasteiger partial charge on any atom is -0.321 e. The normalized spacial score (nSPS) is 13.4. The minimum absolute atomic E-state index is 0.0749. The summed E-state index contributed by atoms with van der Waals surface area (Å²) in [5.41, 5.74) is 4.44. The summed E-state index contributed by atoms with van der Waals surface area (Å²) in [4.78, 5) is 18.3. The second kappa shape index (κ2) is 8.50. The Morgan fingerprint density at radius 2 is 2.15 bits per heavy atom. The Morgan fingerprint density at radius 1 is 1.44 bits per heavy atom. The molecule has 0 aliphatic carbocycles. The van der Waals surface area contributed by atoms with Crippen molar-refractivity contribution in [3.8, 4) is 0 Å². The predicted octanol–water partition coefficient (Wildman–Crippen LogP) is 3.43. The molecule has 0 radical (unpaired) electrons. The van der Waals surface area contributed by atoms with Gasteiger partial charge < -0.3 is 9.47 Å². The van der Waals surface area contributed by atoms with Gasteiger partial charge in [0.25, 0.3) is 5.91 Å². The summed E-state index contributed by atoms with van der Waals surface area (Å²) >= 11 is 0. The number of allylic oxidation sites excluding steroid dienone is 1. The molecule has 2 aromatic rings. The van der Waals surface area contributed by atoms with Crippen LogP contribution in [0.4, 0.5) is 0 Å². The number of hydrogen-bond acceptors (Lipinski definition) is 4. The van der Waals surface area contributed by atoms with Gasteiger partial charge in [-0.1, -0.05) is 26.0 Å². The number of nitrogens with one attached hydrogen (secondary N) is 1. The maximum Gasteiger partial charge on any atom is 0.267 e. The summed E-state index contributed by atoms with van der Waals surface area (Å²) in [5, 5.41) is 8.60. The Morgan fingerprint density at radius 3 is 2.74 bits per heavy atom. The molecule has 6 heteroatoms. The number of carbonyl (C=O) groups excluding carboxylic acids is 1. The molecule has 0 saturated heterocycles. The summed E-state index contributed by atoms with van der Waals surface area (Å²) in [6.07, 6.45) is 5.70. The van der Waals surface area contributed by atoms with Crippen LogP contribution in [0.1, 0.15) is 38.2 Å². The Balaban J connectivity index is 2.47. The van der Waals surface area contributed by atoms with Gasteiger partial charge in [-0.3, -0.25) is 10.0 Å².